The van der Waals surface area contributed by atoms with Crippen LogP contribution in [0.4, 0.5) is 17.1 Å². The molecular formula is C39H45N5O12S3. The van der Waals surface area contributed by atoms with E-state index < -0.39 is 55.0 Å². The van der Waals surface area contributed by atoms with Crippen LogP contribution in [0, 0.1) is 13.8 Å². The fourth-order valence-electron chi connectivity index (χ4n) is 6.41. The number of aryl methyl sites for hydroxylation is 2. The molecule has 0 bridgehead atoms. The highest BCUT2D eigenvalue weighted by molar-refractivity contribution is 7.93. The Labute approximate surface area is 344 Å². The first-order chi connectivity index (χ1) is 28.1. The third-order valence-electron chi connectivity index (χ3n) is 9.54. The van der Waals surface area contributed by atoms with Crippen LogP contribution >= 0.6 is 0 Å². The number of benzene rings is 4. The molecule has 4 aromatic carbocycles. The maximum Gasteiger partial charge on any atom is 0.264 e. The normalized spacial score (nSPS) is 15.6. The second-order valence-electron chi connectivity index (χ2n) is 13.5. The number of amides is 2. The van der Waals surface area contributed by atoms with E-state index in [2.05, 4.69) is 10.6 Å². The minimum absolute atomic E-state index is 0.00501. The van der Waals surface area contributed by atoms with Crippen LogP contribution in [0.25, 0.3) is 0 Å². The molecule has 0 saturated carbocycles. The molecule has 59 heavy (non-hydrogen) atoms. The van der Waals surface area contributed by atoms with Crippen molar-refractivity contribution in [3.05, 3.63) is 96.1 Å². The van der Waals surface area contributed by atoms with Gasteiger partial charge < -0.3 is 29.6 Å². The third-order valence-corrected chi connectivity index (χ3v) is 15.4. The molecule has 2 N–H and O–H groups in total. The van der Waals surface area contributed by atoms with Crippen molar-refractivity contribution in [2.24, 2.45) is 0 Å². The number of nitrogens with zero attached hydrogens (tertiary/aromatic N) is 3. The highest BCUT2D eigenvalue weighted by Crippen LogP contribution is 2.33. The lowest BCUT2D eigenvalue weighted by Gasteiger charge is -2.27. The molecular weight excluding hydrogens is 827 g/mol. The number of hydrogen-bond donors (Lipinski definition) is 2. The molecule has 0 spiro atoms. The van der Waals surface area contributed by atoms with Gasteiger partial charge >= 0.3 is 0 Å². The van der Waals surface area contributed by atoms with Gasteiger partial charge in [-0.3, -0.25) is 13.9 Å². The number of morpholine rings is 2. The summed E-state index contributed by atoms with van der Waals surface area (Å²) in [7, 11) is -10.8. The molecule has 2 fully saturated rings. The minimum atomic E-state index is -4.46. The molecule has 2 aliphatic rings. The number of carbonyl (C=O) groups excluding carboxylic acids is 2. The predicted molar refractivity (Wildman–Crippen MR) is 218 cm³/mol. The molecule has 2 amide bonds. The van der Waals surface area contributed by atoms with Crippen molar-refractivity contribution in [3.63, 3.8) is 0 Å². The first-order valence-corrected chi connectivity index (χ1v) is 22.8. The SMILES string of the molecule is COc1ccccc1N(CC(=O)Nc1ccc(C)c(S(=O)(=O)N2CCOCC2)c1)S(=O)(=O)c1ccc(OCC(=O)Nc2ccc(C)c(S(=O)(=O)N3CCOCC3)c2)cc1. The number of anilines is 3. The van der Waals surface area contributed by atoms with Gasteiger partial charge in [0, 0.05) is 37.6 Å². The first-order valence-electron chi connectivity index (χ1n) is 18.5. The second kappa shape index (κ2) is 18.4. The molecule has 2 heterocycles. The topological polar surface area (TPSA) is 207 Å². The summed E-state index contributed by atoms with van der Waals surface area (Å²) in [6, 6.07) is 20.5. The molecule has 6 rings (SSSR count). The van der Waals surface area contributed by atoms with Crippen LogP contribution in [-0.4, -0.2) is 119 Å². The maximum absolute atomic E-state index is 14.2. The molecule has 2 saturated heterocycles. The van der Waals surface area contributed by atoms with Gasteiger partial charge in [0.05, 0.1) is 53.9 Å². The number of ether oxygens (including phenoxy) is 4. The average molecular weight is 872 g/mol. The Bertz CT molecular complexity index is 2510. The first kappa shape index (κ1) is 43.5. The average Bonchev–Trinajstić information content (AvgIpc) is 3.24. The van der Waals surface area contributed by atoms with Crippen molar-refractivity contribution < 1.29 is 53.8 Å². The van der Waals surface area contributed by atoms with E-state index in [4.69, 9.17) is 18.9 Å². The Morgan fingerprint density at radius 1 is 0.678 bits per heavy atom. The number of sulfonamides is 3. The lowest BCUT2D eigenvalue weighted by atomic mass is 10.2. The predicted octanol–water partition coefficient (Wildman–Crippen LogP) is 3.21. The molecule has 17 nitrogen and oxygen atoms in total. The van der Waals surface area contributed by atoms with E-state index in [0.717, 1.165) is 4.31 Å². The summed E-state index contributed by atoms with van der Waals surface area (Å²) in [4.78, 5) is 26.3. The van der Waals surface area contributed by atoms with Gasteiger partial charge in [0.15, 0.2) is 6.61 Å². The monoisotopic (exact) mass is 871 g/mol. The Morgan fingerprint density at radius 2 is 1.17 bits per heavy atom. The van der Waals surface area contributed by atoms with Crippen LogP contribution in [0.2, 0.25) is 0 Å². The quantitative estimate of drug-likeness (QED) is 0.177. The minimum Gasteiger partial charge on any atom is -0.495 e. The largest absolute Gasteiger partial charge is 0.495 e. The molecule has 316 valence electrons. The van der Waals surface area contributed by atoms with Gasteiger partial charge in [-0.2, -0.15) is 8.61 Å². The van der Waals surface area contributed by atoms with Gasteiger partial charge in [-0.05, 0) is 85.6 Å². The summed E-state index contributed by atoms with van der Waals surface area (Å²) in [6.07, 6.45) is 0. The highest BCUT2D eigenvalue weighted by Gasteiger charge is 2.32. The van der Waals surface area contributed by atoms with Crippen molar-refractivity contribution in [1.82, 2.24) is 8.61 Å². The molecule has 2 aliphatic heterocycles. The number of nitrogens with one attached hydrogen (secondary N) is 2. The maximum atomic E-state index is 14.2. The molecule has 0 unspecified atom stereocenters. The number of hydrogen-bond acceptors (Lipinski definition) is 12. The number of methoxy groups -OCH3 is 1. The van der Waals surface area contributed by atoms with Crippen LogP contribution in [0.1, 0.15) is 11.1 Å². The van der Waals surface area contributed by atoms with E-state index in [1.54, 1.807) is 50.2 Å². The lowest BCUT2D eigenvalue weighted by Crippen LogP contribution is -2.41. The zero-order valence-electron chi connectivity index (χ0n) is 32.6. The Hall–Kier alpha value is -5.09. The van der Waals surface area contributed by atoms with Crippen molar-refractivity contribution >= 4 is 58.9 Å². The fourth-order valence-corrected chi connectivity index (χ4v) is 11.2. The summed E-state index contributed by atoms with van der Waals surface area (Å²) in [5, 5.41) is 5.28. The van der Waals surface area contributed by atoms with Crippen LogP contribution in [0.5, 0.6) is 11.5 Å². The van der Waals surface area contributed by atoms with Crippen molar-refractivity contribution in [2.45, 2.75) is 28.5 Å². The summed E-state index contributed by atoms with van der Waals surface area (Å²) in [6.45, 7) is 4.05. The van der Waals surface area contributed by atoms with E-state index in [0.29, 0.717) is 24.3 Å². The van der Waals surface area contributed by atoms with E-state index in [-0.39, 0.29) is 82.6 Å². The summed E-state index contributed by atoms with van der Waals surface area (Å²) in [5.74, 6) is -1.03. The van der Waals surface area contributed by atoms with Crippen LogP contribution in [0.15, 0.2) is 99.6 Å². The third kappa shape index (κ3) is 10.0. The van der Waals surface area contributed by atoms with Crippen molar-refractivity contribution in [1.29, 1.82) is 0 Å². The van der Waals surface area contributed by atoms with E-state index in [1.807, 2.05) is 0 Å². The van der Waals surface area contributed by atoms with Gasteiger partial charge in [-0.15, -0.1) is 0 Å². The molecule has 0 radical (unpaired) electrons. The van der Waals surface area contributed by atoms with Crippen molar-refractivity contribution in [2.75, 3.05) is 87.8 Å². The van der Waals surface area contributed by atoms with E-state index in [9.17, 15) is 34.8 Å². The number of para-hydroxylation sites is 2. The van der Waals surface area contributed by atoms with Crippen LogP contribution in [0.3, 0.4) is 0 Å². The lowest BCUT2D eigenvalue weighted by molar-refractivity contribution is -0.118. The van der Waals surface area contributed by atoms with Gasteiger partial charge in [-0.1, -0.05) is 24.3 Å². The Morgan fingerprint density at radius 3 is 1.68 bits per heavy atom. The Kier molecular flexibility index (Phi) is 13.6. The highest BCUT2D eigenvalue weighted by atomic mass is 32.2. The van der Waals surface area contributed by atoms with Crippen LogP contribution in [-0.2, 0) is 49.1 Å². The number of carbonyl (C=O) groups is 2. The van der Waals surface area contributed by atoms with Gasteiger partial charge in [0.1, 0.15) is 18.0 Å². The van der Waals surface area contributed by atoms with Crippen LogP contribution < -0.4 is 24.4 Å². The molecule has 0 atom stereocenters. The van der Waals surface area contributed by atoms with Gasteiger partial charge in [0.25, 0.3) is 15.9 Å². The smallest absolute Gasteiger partial charge is 0.264 e. The van der Waals surface area contributed by atoms with E-state index >= 15 is 0 Å². The molecule has 20 heteroatoms. The standard InChI is InChI=1S/C39H45N5O12S3/c1-28-8-10-30(24-36(28)58(49,50)42-16-20-54-21-17-42)40-38(45)26-44(34-6-4-5-7-35(34)53-3)57(47,48)33-14-12-32(13-15-33)56-27-39(46)41-31-11-9-29(2)37(25-31)59(51,52)43-18-22-55-23-19-43/h4-15,24-25H,16-23,26-27H2,1-3H3,(H,40,45)(H,41,46). The number of rotatable bonds is 15. The second-order valence-corrected chi connectivity index (χ2v) is 19.2. The van der Waals surface area contributed by atoms with E-state index in [1.165, 1.54) is 64.3 Å². The molecule has 0 aromatic heterocycles. The summed E-state index contributed by atoms with van der Waals surface area (Å²) < 4.78 is 107. The Balaban J connectivity index is 1.15. The van der Waals surface area contributed by atoms with Crippen molar-refractivity contribution in [3.8, 4) is 11.5 Å². The van der Waals surface area contributed by atoms with Gasteiger partial charge in [-0.25, -0.2) is 25.3 Å². The summed E-state index contributed by atoms with van der Waals surface area (Å²) in [5.41, 5.74) is 1.45. The molecule has 0 aliphatic carbocycles. The zero-order chi connectivity index (χ0) is 42.4. The van der Waals surface area contributed by atoms with Gasteiger partial charge in [0.2, 0.25) is 26.0 Å². The summed E-state index contributed by atoms with van der Waals surface area (Å²) >= 11 is 0. The molecule has 4 aromatic rings. The zero-order valence-corrected chi connectivity index (χ0v) is 35.1. The fraction of sp³-hybridized carbons (Fsp3) is 0.333.